The summed E-state index contributed by atoms with van der Waals surface area (Å²) >= 11 is 0. The van der Waals surface area contributed by atoms with Gasteiger partial charge in [-0.1, -0.05) is 18.2 Å². The Kier molecular flexibility index (Phi) is 6.52. The van der Waals surface area contributed by atoms with Gasteiger partial charge in [0.25, 0.3) is 5.91 Å². The first-order chi connectivity index (χ1) is 9.47. The molecule has 0 atom stereocenters. The van der Waals surface area contributed by atoms with E-state index >= 15 is 0 Å². The van der Waals surface area contributed by atoms with Crippen molar-refractivity contribution in [1.29, 1.82) is 0 Å². The highest BCUT2D eigenvalue weighted by Gasteiger charge is 2.20. The molecule has 20 heavy (non-hydrogen) atoms. The predicted molar refractivity (Wildman–Crippen MR) is 81.8 cm³/mol. The SMILES string of the molecule is CNCc1ccccc1OCC(=O)N(C(C)C)C(C)C. The zero-order valence-corrected chi connectivity index (χ0v) is 13.1. The van der Waals surface area contributed by atoms with Gasteiger partial charge in [0.1, 0.15) is 5.75 Å². The van der Waals surface area contributed by atoms with Crippen LogP contribution in [0.2, 0.25) is 0 Å². The first kappa shape index (κ1) is 16.5. The molecule has 1 aromatic rings. The number of amides is 1. The van der Waals surface area contributed by atoms with Crippen molar-refractivity contribution >= 4 is 5.91 Å². The van der Waals surface area contributed by atoms with Gasteiger partial charge in [-0.15, -0.1) is 0 Å². The molecule has 4 heteroatoms. The first-order valence-corrected chi connectivity index (χ1v) is 7.13. The molecule has 0 bridgehead atoms. The largest absolute Gasteiger partial charge is 0.483 e. The molecule has 0 heterocycles. The van der Waals surface area contributed by atoms with Gasteiger partial charge >= 0.3 is 0 Å². The van der Waals surface area contributed by atoms with Crippen LogP contribution in [0, 0.1) is 0 Å². The highest BCUT2D eigenvalue weighted by molar-refractivity contribution is 5.78. The summed E-state index contributed by atoms with van der Waals surface area (Å²) in [5.74, 6) is 0.789. The van der Waals surface area contributed by atoms with Crippen LogP contribution in [0.25, 0.3) is 0 Å². The summed E-state index contributed by atoms with van der Waals surface area (Å²) in [6, 6.07) is 8.14. The maximum atomic E-state index is 12.3. The molecule has 0 aliphatic carbocycles. The van der Waals surface area contributed by atoms with E-state index in [1.54, 1.807) is 0 Å². The monoisotopic (exact) mass is 278 g/mol. The van der Waals surface area contributed by atoms with E-state index in [1.807, 2.05) is 63.9 Å². The van der Waals surface area contributed by atoms with Crippen LogP contribution in [0.3, 0.4) is 0 Å². The minimum Gasteiger partial charge on any atom is -0.483 e. The Hall–Kier alpha value is -1.55. The number of carbonyl (C=O) groups is 1. The second kappa shape index (κ2) is 7.90. The molecule has 0 saturated heterocycles. The third-order valence-electron chi connectivity index (χ3n) is 3.09. The zero-order valence-electron chi connectivity index (χ0n) is 13.1. The van der Waals surface area contributed by atoms with Gasteiger partial charge in [0.2, 0.25) is 0 Å². The molecule has 0 fully saturated rings. The highest BCUT2D eigenvalue weighted by Crippen LogP contribution is 2.18. The Morgan fingerprint density at radius 1 is 1.20 bits per heavy atom. The maximum absolute atomic E-state index is 12.3. The lowest BCUT2D eigenvalue weighted by Crippen LogP contribution is -2.44. The summed E-state index contributed by atoms with van der Waals surface area (Å²) < 4.78 is 5.70. The van der Waals surface area contributed by atoms with Gasteiger partial charge in [0.15, 0.2) is 6.61 Å². The standard InChI is InChI=1S/C16H26N2O2/c1-12(2)18(13(3)4)16(19)11-20-15-9-7-6-8-14(15)10-17-5/h6-9,12-13,17H,10-11H2,1-5H3. The minimum atomic E-state index is 0.0225. The zero-order chi connectivity index (χ0) is 15.1. The lowest BCUT2D eigenvalue weighted by Gasteiger charge is -2.30. The van der Waals surface area contributed by atoms with E-state index in [0.29, 0.717) is 0 Å². The van der Waals surface area contributed by atoms with Gasteiger partial charge in [-0.2, -0.15) is 0 Å². The Labute approximate surface area is 122 Å². The van der Waals surface area contributed by atoms with Gasteiger partial charge in [-0.05, 0) is 40.8 Å². The second-order valence-corrected chi connectivity index (χ2v) is 5.42. The van der Waals surface area contributed by atoms with E-state index in [4.69, 9.17) is 4.74 Å². The molecule has 4 nitrogen and oxygen atoms in total. The fraction of sp³-hybridized carbons (Fsp3) is 0.562. The smallest absolute Gasteiger partial charge is 0.260 e. The highest BCUT2D eigenvalue weighted by atomic mass is 16.5. The summed E-state index contributed by atoms with van der Waals surface area (Å²) in [4.78, 5) is 14.1. The average Bonchev–Trinajstić information content (AvgIpc) is 2.37. The van der Waals surface area contributed by atoms with Crippen LogP contribution < -0.4 is 10.1 Å². The number of benzene rings is 1. The van der Waals surface area contributed by atoms with E-state index in [-0.39, 0.29) is 24.6 Å². The molecule has 0 radical (unpaired) electrons. The Balaban J connectivity index is 2.69. The molecular weight excluding hydrogens is 252 g/mol. The first-order valence-electron chi connectivity index (χ1n) is 7.13. The fourth-order valence-corrected chi connectivity index (χ4v) is 2.37. The molecule has 0 aliphatic heterocycles. The molecule has 112 valence electrons. The molecule has 0 saturated carbocycles. The molecule has 0 unspecified atom stereocenters. The van der Waals surface area contributed by atoms with Gasteiger partial charge in [0.05, 0.1) is 0 Å². The summed E-state index contributed by atoms with van der Waals surface area (Å²) in [5.41, 5.74) is 1.06. The van der Waals surface area contributed by atoms with Gasteiger partial charge in [-0.25, -0.2) is 0 Å². The fourth-order valence-electron chi connectivity index (χ4n) is 2.37. The lowest BCUT2D eigenvalue weighted by atomic mass is 10.2. The van der Waals surface area contributed by atoms with Crippen LogP contribution >= 0.6 is 0 Å². The van der Waals surface area contributed by atoms with Crippen molar-refractivity contribution in [3.05, 3.63) is 29.8 Å². The average molecular weight is 278 g/mol. The van der Waals surface area contributed by atoms with Gasteiger partial charge < -0.3 is 15.0 Å². The van der Waals surface area contributed by atoms with Gasteiger partial charge in [-0.3, -0.25) is 4.79 Å². The van der Waals surface area contributed by atoms with Crippen molar-refractivity contribution in [2.75, 3.05) is 13.7 Å². The quantitative estimate of drug-likeness (QED) is 0.833. The molecule has 1 amide bonds. The number of nitrogens with one attached hydrogen (secondary N) is 1. The maximum Gasteiger partial charge on any atom is 0.260 e. The Morgan fingerprint density at radius 2 is 1.80 bits per heavy atom. The molecule has 1 aromatic carbocycles. The van der Waals surface area contributed by atoms with Gasteiger partial charge in [0, 0.05) is 24.2 Å². The van der Waals surface area contributed by atoms with E-state index in [0.717, 1.165) is 17.9 Å². The van der Waals surface area contributed by atoms with E-state index in [2.05, 4.69) is 5.32 Å². The normalized spacial score (nSPS) is 10.9. The van der Waals surface area contributed by atoms with E-state index in [1.165, 1.54) is 0 Å². The van der Waals surface area contributed by atoms with Crippen LogP contribution in [0.5, 0.6) is 5.75 Å². The molecular formula is C16H26N2O2. The number of hydrogen-bond donors (Lipinski definition) is 1. The number of ether oxygens (including phenoxy) is 1. The molecule has 1 rings (SSSR count). The summed E-state index contributed by atoms with van der Waals surface area (Å²) in [7, 11) is 1.89. The number of para-hydroxylation sites is 1. The Bertz CT molecular complexity index is 422. The predicted octanol–water partition coefficient (Wildman–Crippen LogP) is 2.43. The van der Waals surface area contributed by atoms with Crippen molar-refractivity contribution in [2.24, 2.45) is 0 Å². The molecule has 0 aromatic heterocycles. The van der Waals surface area contributed by atoms with Crippen molar-refractivity contribution in [2.45, 2.75) is 46.3 Å². The van der Waals surface area contributed by atoms with Crippen molar-refractivity contribution < 1.29 is 9.53 Å². The lowest BCUT2D eigenvalue weighted by molar-refractivity contribution is -0.137. The topological polar surface area (TPSA) is 41.6 Å². The number of hydrogen-bond acceptors (Lipinski definition) is 3. The third kappa shape index (κ3) is 4.53. The number of carbonyl (C=O) groups excluding carboxylic acids is 1. The summed E-state index contributed by atoms with van der Waals surface area (Å²) in [5, 5.41) is 3.10. The molecule has 0 spiro atoms. The van der Waals surface area contributed by atoms with E-state index in [9.17, 15) is 4.79 Å². The van der Waals surface area contributed by atoms with Crippen molar-refractivity contribution in [3.63, 3.8) is 0 Å². The van der Waals surface area contributed by atoms with E-state index < -0.39 is 0 Å². The summed E-state index contributed by atoms with van der Waals surface area (Å²) in [6.45, 7) is 8.89. The van der Waals surface area contributed by atoms with Crippen LogP contribution in [-0.2, 0) is 11.3 Å². The van der Waals surface area contributed by atoms with Crippen LogP contribution in [0.1, 0.15) is 33.3 Å². The minimum absolute atomic E-state index is 0.0225. The van der Waals surface area contributed by atoms with Crippen LogP contribution in [0.4, 0.5) is 0 Å². The van der Waals surface area contributed by atoms with Crippen molar-refractivity contribution in [1.82, 2.24) is 10.2 Å². The Morgan fingerprint density at radius 3 is 2.35 bits per heavy atom. The van der Waals surface area contributed by atoms with Crippen LogP contribution in [0.15, 0.2) is 24.3 Å². The molecule has 0 aliphatic rings. The summed E-state index contributed by atoms with van der Waals surface area (Å²) in [6.07, 6.45) is 0. The second-order valence-electron chi connectivity index (χ2n) is 5.42. The molecule has 1 N–H and O–H groups in total. The third-order valence-corrected chi connectivity index (χ3v) is 3.09. The van der Waals surface area contributed by atoms with Crippen LogP contribution in [-0.4, -0.2) is 36.5 Å². The van der Waals surface area contributed by atoms with Crippen molar-refractivity contribution in [3.8, 4) is 5.75 Å². The number of rotatable bonds is 7. The number of nitrogens with zero attached hydrogens (tertiary/aromatic N) is 1.